The van der Waals surface area contributed by atoms with Gasteiger partial charge in [-0.2, -0.15) is 0 Å². The number of anilines is 1. The van der Waals surface area contributed by atoms with E-state index in [0.29, 0.717) is 12.1 Å². The number of nitrogens with one attached hydrogen (secondary N) is 1. The molecule has 2 fully saturated rings. The molecule has 0 amide bonds. The number of hydrogen-bond donors (Lipinski definition) is 1. The molecule has 1 saturated heterocycles. The Labute approximate surface area is 115 Å². The lowest BCUT2D eigenvalue weighted by Crippen LogP contribution is -2.35. The van der Waals surface area contributed by atoms with Crippen LogP contribution in [0.3, 0.4) is 0 Å². The van der Waals surface area contributed by atoms with Gasteiger partial charge in [0.05, 0.1) is 0 Å². The van der Waals surface area contributed by atoms with Crippen LogP contribution in [0.2, 0.25) is 0 Å². The van der Waals surface area contributed by atoms with Crippen molar-refractivity contribution < 1.29 is 0 Å². The van der Waals surface area contributed by atoms with Crippen molar-refractivity contribution >= 4 is 5.95 Å². The highest BCUT2D eigenvalue weighted by Gasteiger charge is 2.31. The number of rotatable bonds is 5. The van der Waals surface area contributed by atoms with Gasteiger partial charge in [0.1, 0.15) is 0 Å². The molecular formula is C15H24N4. The molecule has 0 radical (unpaired) electrons. The van der Waals surface area contributed by atoms with Crippen molar-refractivity contribution in [2.45, 2.75) is 70.6 Å². The van der Waals surface area contributed by atoms with Crippen molar-refractivity contribution in [3.8, 4) is 0 Å². The first kappa shape index (κ1) is 12.9. The predicted molar refractivity (Wildman–Crippen MR) is 77.1 cm³/mol. The Balaban J connectivity index is 1.66. The summed E-state index contributed by atoms with van der Waals surface area (Å²) in [6.07, 6.45) is 10.3. The van der Waals surface area contributed by atoms with Crippen molar-refractivity contribution in [3.63, 3.8) is 0 Å². The molecule has 1 aliphatic heterocycles. The lowest BCUT2D eigenvalue weighted by atomic mass is 10.2. The first-order chi connectivity index (χ1) is 9.28. The molecule has 0 aromatic carbocycles. The molecule has 2 aliphatic rings. The summed E-state index contributed by atoms with van der Waals surface area (Å²) in [5.74, 6) is 0.909. The molecule has 104 valence electrons. The van der Waals surface area contributed by atoms with Gasteiger partial charge in [-0.05, 0) is 39.0 Å². The molecule has 2 unspecified atom stereocenters. The minimum atomic E-state index is 0.570. The largest absolute Gasteiger partial charge is 0.335 e. The quantitative estimate of drug-likeness (QED) is 0.883. The maximum Gasteiger partial charge on any atom is 0.225 e. The van der Waals surface area contributed by atoms with Crippen LogP contribution < -0.4 is 10.2 Å². The van der Waals surface area contributed by atoms with Crippen molar-refractivity contribution in [2.24, 2.45) is 0 Å². The zero-order valence-electron chi connectivity index (χ0n) is 12.0. The van der Waals surface area contributed by atoms with E-state index in [1.165, 1.54) is 37.7 Å². The van der Waals surface area contributed by atoms with E-state index in [2.05, 4.69) is 34.0 Å². The summed E-state index contributed by atoms with van der Waals surface area (Å²) < 4.78 is 0. The number of nitrogens with zero attached hydrogens (tertiary/aromatic N) is 3. The Bertz CT molecular complexity index is 413. The van der Waals surface area contributed by atoms with Crippen LogP contribution in [0.5, 0.6) is 0 Å². The Kier molecular flexibility index (Phi) is 3.69. The van der Waals surface area contributed by atoms with Crippen LogP contribution in [0.1, 0.15) is 51.5 Å². The van der Waals surface area contributed by atoms with E-state index in [0.717, 1.165) is 18.5 Å². The zero-order valence-corrected chi connectivity index (χ0v) is 12.0. The number of aromatic nitrogens is 2. The zero-order chi connectivity index (χ0) is 13.2. The molecule has 4 nitrogen and oxygen atoms in total. The van der Waals surface area contributed by atoms with E-state index in [-0.39, 0.29) is 0 Å². The molecule has 1 aromatic rings. The number of hydrogen-bond acceptors (Lipinski definition) is 4. The lowest BCUT2D eigenvalue weighted by molar-refractivity contribution is 0.611. The molecule has 0 spiro atoms. The van der Waals surface area contributed by atoms with Gasteiger partial charge in [0, 0.05) is 42.6 Å². The van der Waals surface area contributed by atoms with Crippen LogP contribution in [0, 0.1) is 0 Å². The van der Waals surface area contributed by atoms with E-state index < -0.39 is 0 Å². The van der Waals surface area contributed by atoms with Crippen molar-refractivity contribution in [1.29, 1.82) is 0 Å². The predicted octanol–water partition coefficient (Wildman–Crippen LogP) is 2.50. The topological polar surface area (TPSA) is 41.1 Å². The van der Waals surface area contributed by atoms with E-state index in [1.807, 2.05) is 12.4 Å². The molecule has 0 bridgehead atoms. The molecular weight excluding hydrogens is 236 g/mol. The Morgan fingerprint density at radius 1 is 1.21 bits per heavy atom. The highest BCUT2D eigenvalue weighted by Crippen LogP contribution is 2.29. The van der Waals surface area contributed by atoms with Gasteiger partial charge >= 0.3 is 0 Å². The second-order valence-electron chi connectivity index (χ2n) is 5.94. The van der Waals surface area contributed by atoms with Crippen LogP contribution in [0.4, 0.5) is 5.95 Å². The van der Waals surface area contributed by atoms with Crippen molar-refractivity contribution in [1.82, 2.24) is 15.3 Å². The molecule has 1 N–H and O–H groups in total. The van der Waals surface area contributed by atoms with Gasteiger partial charge in [-0.3, -0.25) is 0 Å². The molecule has 2 heterocycles. The van der Waals surface area contributed by atoms with Crippen LogP contribution in [0.15, 0.2) is 12.4 Å². The standard InChI is InChI=1S/C15H24N4/c1-3-14-7-4-11(2)19(14)15-17-9-12(10-18-15)8-16-13-5-6-13/h9-11,13-14,16H,3-8H2,1-2H3. The summed E-state index contributed by atoms with van der Waals surface area (Å²) in [6, 6.07) is 1.92. The fourth-order valence-corrected chi connectivity index (χ4v) is 2.96. The molecule has 1 aromatic heterocycles. The van der Waals surface area contributed by atoms with Gasteiger partial charge in [0.15, 0.2) is 0 Å². The average molecular weight is 260 g/mol. The highest BCUT2D eigenvalue weighted by atomic mass is 15.3. The lowest BCUT2D eigenvalue weighted by Gasteiger charge is -2.27. The summed E-state index contributed by atoms with van der Waals surface area (Å²) in [5.41, 5.74) is 1.19. The second kappa shape index (κ2) is 5.45. The minimum Gasteiger partial charge on any atom is -0.335 e. The smallest absolute Gasteiger partial charge is 0.225 e. The van der Waals surface area contributed by atoms with Gasteiger partial charge in [-0.15, -0.1) is 0 Å². The van der Waals surface area contributed by atoms with Gasteiger partial charge < -0.3 is 10.2 Å². The minimum absolute atomic E-state index is 0.570. The monoisotopic (exact) mass is 260 g/mol. The van der Waals surface area contributed by atoms with Gasteiger partial charge in [0.2, 0.25) is 5.95 Å². The molecule has 4 heteroatoms. The average Bonchev–Trinajstić information content (AvgIpc) is 3.19. The Hall–Kier alpha value is -1.16. The molecule has 3 rings (SSSR count). The third-order valence-corrected chi connectivity index (χ3v) is 4.35. The maximum absolute atomic E-state index is 4.58. The van der Waals surface area contributed by atoms with Gasteiger partial charge in [-0.1, -0.05) is 6.92 Å². The van der Waals surface area contributed by atoms with Crippen LogP contribution >= 0.6 is 0 Å². The second-order valence-corrected chi connectivity index (χ2v) is 5.94. The molecule has 2 atom stereocenters. The summed E-state index contributed by atoms with van der Waals surface area (Å²) >= 11 is 0. The van der Waals surface area contributed by atoms with E-state index in [9.17, 15) is 0 Å². The summed E-state index contributed by atoms with van der Waals surface area (Å²) in [7, 11) is 0. The SMILES string of the molecule is CCC1CCC(C)N1c1ncc(CNC2CC2)cn1. The third kappa shape index (κ3) is 2.89. The van der Waals surface area contributed by atoms with Crippen molar-refractivity contribution in [2.75, 3.05) is 4.90 Å². The van der Waals surface area contributed by atoms with Crippen LogP contribution in [-0.2, 0) is 6.54 Å². The molecule has 19 heavy (non-hydrogen) atoms. The van der Waals surface area contributed by atoms with Crippen LogP contribution in [0.25, 0.3) is 0 Å². The first-order valence-corrected chi connectivity index (χ1v) is 7.60. The fourth-order valence-electron chi connectivity index (χ4n) is 2.96. The van der Waals surface area contributed by atoms with Gasteiger partial charge in [-0.25, -0.2) is 9.97 Å². The van der Waals surface area contributed by atoms with E-state index in [1.54, 1.807) is 0 Å². The normalized spacial score (nSPS) is 26.9. The van der Waals surface area contributed by atoms with E-state index >= 15 is 0 Å². The third-order valence-electron chi connectivity index (χ3n) is 4.35. The Morgan fingerprint density at radius 3 is 2.58 bits per heavy atom. The maximum atomic E-state index is 4.58. The summed E-state index contributed by atoms with van der Waals surface area (Å²) in [4.78, 5) is 11.6. The highest BCUT2D eigenvalue weighted by molar-refractivity contribution is 5.35. The van der Waals surface area contributed by atoms with Gasteiger partial charge in [0.25, 0.3) is 0 Å². The van der Waals surface area contributed by atoms with Crippen LogP contribution in [-0.4, -0.2) is 28.1 Å². The first-order valence-electron chi connectivity index (χ1n) is 7.60. The summed E-state index contributed by atoms with van der Waals surface area (Å²) in [5, 5.41) is 3.50. The summed E-state index contributed by atoms with van der Waals surface area (Å²) in [6.45, 7) is 5.43. The fraction of sp³-hybridized carbons (Fsp3) is 0.733. The molecule has 1 aliphatic carbocycles. The van der Waals surface area contributed by atoms with Crippen molar-refractivity contribution in [3.05, 3.63) is 18.0 Å². The Morgan fingerprint density at radius 2 is 1.95 bits per heavy atom. The molecule has 1 saturated carbocycles. The van der Waals surface area contributed by atoms with E-state index in [4.69, 9.17) is 0 Å².